The van der Waals surface area contributed by atoms with Gasteiger partial charge in [-0.15, -0.1) is 0 Å². The van der Waals surface area contributed by atoms with Gasteiger partial charge in [-0.2, -0.15) is 0 Å². The molecule has 2 atom stereocenters. The Morgan fingerprint density at radius 1 is 0.946 bits per heavy atom. The lowest BCUT2D eigenvalue weighted by Gasteiger charge is -2.40. The largest absolute Gasteiger partial charge is 0.487 e. The Labute approximate surface area is 225 Å². The molecule has 0 aromatic heterocycles. The van der Waals surface area contributed by atoms with Crippen molar-refractivity contribution in [3.8, 4) is 11.5 Å². The fourth-order valence-electron chi connectivity index (χ4n) is 5.40. The summed E-state index contributed by atoms with van der Waals surface area (Å²) >= 11 is 5.98. The maximum Gasteiger partial charge on any atom is 0.260 e. The van der Waals surface area contributed by atoms with E-state index < -0.39 is 0 Å². The molecule has 1 heterocycles. The second-order valence-corrected chi connectivity index (χ2v) is 10.4. The lowest BCUT2D eigenvalue weighted by Crippen LogP contribution is -2.52. The standard InChI is InChI=1S/C30H39ClN2O4/c1-2-32-20-10-4-3-5-11-21-33(29(34)22-36-24-18-16-23(31)17-19-24)26-13-7-9-15-28(26)37-27-14-8-6-12-25(27)30(32)35/h6,8,12,14,16-19,26,28H,2-5,7,9-11,13,15,20-22H2,1H3/t26-,28+/m1/s1. The topological polar surface area (TPSA) is 59.1 Å². The molecule has 200 valence electrons. The van der Waals surface area contributed by atoms with Crippen LogP contribution in [0.1, 0.15) is 75.1 Å². The van der Waals surface area contributed by atoms with Crippen LogP contribution in [-0.4, -0.2) is 60.0 Å². The molecule has 2 aromatic carbocycles. The zero-order valence-electron chi connectivity index (χ0n) is 21.9. The van der Waals surface area contributed by atoms with Gasteiger partial charge in [0.15, 0.2) is 6.61 Å². The normalized spacial score (nSPS) is 21.6. The Kier molecular flexibility index (Phi) is 10.1. The molecule has 0 bridgehead atoms. The molecule has 0 N–H and O–H groups in total. The zero-order chi connectivity index (χ0) is 26.0. The lowest BCUT2D eigenvalue weighted by atomic mass is 9.90. The smallest absolute Gasteiger partial charge is 0.260 e. The molecule has 0 spiro atoms. The number of benzene rings is 2. The van der Waals surface area contributed by atoms with Gasteiger partial charge >= 0.3 is 0 Å². The Balaban J connectivity index is 1.57. The predicted octanol–water partition coefficient (Wildman–Crippen LogP) is 6.36. The molecule has 7 heteroatoms. The molecule has 2 aliphatic rings. The van der Waals surface area contributed by atoms with Gasteiger partial charge in [0.05, 0.1) is 11.6 Å². The summed E-state index contributed by atoms with van der Waals surface area (Å²) in [6.07, 6.45) is 8.81. The van der Waals surface area contributed by atoms with E-state index in [4.69, 9.17) is 21.1 Å². The number of hydrogen-bond acceptors (Lipinski definition) is 4. The van der Waals surface area contributed by atoms with Gasteiger partial charge < -0.3 is 19.3 Å². The van der Waals surface area contributed by atoms with Gasteiger partial charge in [-0.25, -0.2) is 0 Å². The van der Waals surface area contributed by atoms with E-state index in [-0.39, 0.29) is 30.6 Å². The summed E-state index contributed by atoms with van der Waals surface area (Å²) in [4.78, 5) is 30.9. The molecule has 2 amide bonds. The van der Waals surface area contributed by atoms with Gasteiger partial charge in [0, 0.05) is 24.7 Å². The van der Waals surface area contributed by atoms with Crippen molar-refractivity contribution < 1.29 is 19.1 Å². The van der Waals surface area contributed by atoms with Crippen LogP contribution in [0.3, 0.4) is 0 Å². The highest BCUT2D eigenvalue weighted by Gasteiger charge is 2.35. The summed E-state index contributed by atoms with van der Waals surface area (Å²) in [6.45, 7) is 4.13. The van der Waals surface area contributed by atoms with E-state index in [9.17, 15) is 9.59 Å². The van der Waals surface area contributed by atoms with Crippen molar-refractivity contribution in [2.75, 3.05) is 26.2 Å². The van der Waals surface area contributed by atoms with Crippen LogP contribution in [-0.2, 0) is 4.79 Å². The maximum absolute atomic E-state index is 13.5. The van der Waals surface area contributed by atoms with Crippen LogP contribution in [0.25, 0.3) is 0 Å². The third-order valence-electron chi connectivity index (χ3n) is 7.46. The fraction of sp³-hybridized carbons (Fsp3) is 0.533. The predicted molar refractivity (Wildman–Crippen MR) is 146 cm³/mol. The second-order valence-electron chi connectivity index (χ2n) is 9.99. The van der Waals surface area contributed by atoms with Crippen molar-refractivity contribution in [2.45, 2.75) is 76.9 Å². The van der Waals surface area contributed by atoms with Crippen molar-refractivity contribution in [1.82, 2.24) is 9.80 Å². The minimum atomic E-state index is -0.164. The van der Waals surface area contributed by atoms with E-state index in [2.05, 4.69) is 0 Å². The summed E-state index contributed by atoms with van der Waals surface area (Å²) in [7, 11) is 0. The van der Waals surface area contributed by atoms with Crippen molar-refractivity contribution in [3.63, 3.8) is 0 Å². The molecule has 1 aliphatic heterocycles. The number of nitrogens with zero attached hydrogens (tertiary/aromatic N) is 2. The summed E-state index contributed by atoms with van der Waals surface area (Å²) in [6, 6.07) is 14.6. The van der Waals surface area contributed by atoms with Crippen LogP contribution >= 0.6 is 11.6 Å². The molecule has 0 unspecified atom stereocenters. The third-order valence-corrected chi connectivity index (χ3v) is 7.71. The number of fused-ring (bicyclic) bond motifs is 2. The van der Waals surface area contributed by atoms with E-state index in [1.807, 2.05) is 41.0 Å². The van der Waals surface area contributed by atoms with Crippen molar-refractivity contribution >= 4 is 23.4 Å². The average Bonchev–Trinajstić information content (AvgIpc) is 2.92. The van der Waals surface area contributed by atoms with Gasteiger partial charge in [-0.1, -0.05) is 49.4 Å². The number of ether oxygens (including phenoxy) is 2. The highest BCUT2D eigenvalue weighted by Crippen LogP contribution is 2.31. The van der Waals surface area contributed by atoms with Crippen LogP contribution < -0.4 is 9.47 Å². The molecule has 0 radical (unpaired) electrons. The highest BCUT2D eigenvalue weighted by atomic mass is 35.5. The number of hydrogen-bond donors (Lipinski definition) is 0. The number of halogens is 1. The number of para-hydroxylation sites is 1. The summed E-state index contributed by atoms with van der Waals surface area (Å²) in [5.41, 5.74) is 0.604. The Bertz CT molecular complexity index is 1030. The van der Waals surface area contributed by atoms with E-state index in [0.717, 1.165) is 64.3 Å². The van der Waals surface area contributed by atoms with Crippen molar-refractivity contribution in [2.24, 2.45) is 0 Å². The molecule has 0 saturated heterocycles. The number of amides is 2. The van der Waals surface area contributed by atoms with E-state index >= 15 is 0 Å². The van der Waals surface area contributed by atoms with Crippen molar-refractivity contribution in [3.05, 3.63) is 59.1 Å². The molecule has 4 rings (SSSR count). The second kappa shape index (κ2) is 13.7. The van der Waals surface area contributed by atoms with Crippen LogP contribution in [0, 0.1) is 0 Å². The maximum atomic E-state index is 13.5. The van der Waals surface area contributed by atoms with Crippen LogP contribution in [0.2, 0.25) is 5.02 Å². The number of carbonyl (C=O) groups is 2. The summed E-state index contributed by atoms with van der Waals surface area (Å²) in [5, 5.41) is 0.632. The molecule has 1 saturated carbocycles. The summed E-state index contributed by atoms with van der Waals surface area (Å²) < 4.78 is 12.4. The number of carbonyl (C=O) groups excluding carboxylic acids is 2. The first-order valence-corrected chi connectivity index (χ1v) is 14.2. The van der Waals surface area contributed by atoms with Gasteiger partial charge in [-0.3, -0.25) is 9.59 Å². The van der Waals surface area contributed by atoms with Crippen LogP contribution in [0.5, 0.6) is 11.5 Å². The molecule has 2 aromatic rings. The number of rotatable bonds is 4. The molecular formula is C30H39ClN2O4. The van der Waals surface area contributed by atoms with Gasteiger partial charge in [0.2, 0.25) is 0 Å². The van der Waals surface area contributed by atoms with Gasteiger partial charge in [0.25, 0.3) is 11.8 Å². The summed E-state index contributed by atoms with van der Waals surface area (Å²) in [5.74, 6) is 1.23. The van der Waals surface area contributed by atoms with Crippen molar-refractivity contribution in [1.29, 1.82) is 0 Å². The minimum Gasteiger partial charge on any atom is -0.487 e. The van der Waals surface area contributed by atoms with Gasteiger partial charge in [0.1, 0.15) is 17.6 Å². The first-order valence-electron chi connectivity index (χ1n) is 13.8. The lowest BCUT2D eigenvalue weighted by molar-refractivity contribution is -0.139. The quantitative estimate of drug-likeness (QED) is 0.465. The molecular weight excluding hydrogens is 488 g/mol. The first kappa shape index (κ1) is 27.3. The highest BCUT2D eigenvalue weighted by molar-refractivity contribution is 6.30. The minimum absolute atomic E-state index is 0.0182. The third kappa shape index (κ3) is 7.41. The van der Waals surface area contributed by atoms with E-state index in [1.54, 1.807) is 24.3 Å². The van der Waals surface area contributed by atoms with E-state index in [0.29, 0.717) is 35.2 Å². The van der Waals surface area contributed by atoms with Crippen LogP contribution in [0.15, 0.2) is 48.5 Å². The fourth-order valence-corrected chi connectivity index (χ4v) is 5.53. The van der Waals surface area contributed by atoms with Gasteiger partial charge in [-0.05, 0) is 75.4 Å². The van der Waals surface area contributed by atoms with Crippen LogP contribution in [0.4, 0.5) is 0 Å². The zero-order valence-corrected chi connectivity index (χ0v) is 22.6. The molecule has 6 nitrogen and oxygen atoms in total. The monoisotopic (exact) mass is 526 g/mol. The Morgan fingerprint density at radius 3 is 2.43 bits per heavy atom. The first-order chi connectivity index (χ1) is 18.1. The van der Waals surface area contributed by atoms with E-state index in [1.165, 1.54) is 0 Å². The average molecular weight is 527 g/mol. The Hall–Kier alpha value is -2.73. The molecule has 1 aliphatic carbocycles. The molecule has 37 heavy (non-hydrogen) atoms. The molecule has 1 fully saturated rings. The Morgan fingerprint density at radius 2 is 1.65 bits per heavy atom. The SMILES string of the molecule is CCN1CCCCCCCN(C(=O)COc2ccc(Cl)cc2)[C@@H]2CCCC[C@@H]2Oc2ccccc2C1=O.